The molecule has 0 saturated heterocycles. The van der Waals surface area contributed by atoms with Crippen LogP contribution in [0.25, 0.3) is 49.5 Å². The molecule has 6 aromatic rings. The van der Waals surface area contributed by atoms with E-state index in [0.29, 0.717) is 0 Å². The van der Waals surface area contributed by atoms with Gasteiger partial charge in [-0.25, -0.2) is 0 Å². The zero-order valence-corrected chi connectivity index (χ0v) is 21.9. The molecule has 1 heterocycles. The maximum atomic E-state index is 3.79. The molecule has 1 unspecified atom stereocenters. The summed E-state index contributed by atoms with van der Waals surface area (Å²) in [6, 6.07) is 46.2. The normalized spacial score (nSPS) is 14.8. The first kappa shape index (κ1) is 23.3. The van der Waals surface area contributed by atoms with Gasteiger partial charge in [-0.05, 0) is 80.1 Å². The summed E-state index contributed by atoms with van der Waals surface area (Å²) < 4.78 is 0. The van der Waals surface area contributed by atoms with Crippen molar-refractivity contribution in [1.82, 2.24) is 5.32 Å². The minimum Gasteiger partial charge on any atom is -0.374 e. The maximum absolute atomic E-state index is 3.79. The van der Waals surface area contributed by atoms with Gasteiger partial charge < -0.3 is 5.32 Å². The number of benzene rings is 6. The monoisotopic (exact) mass is 499 g/mol. The molecule has 0 aliphatic carbocycles. The van der Waals surface area contributed by atoms with Crippen LogP contribution in [0.3, 0.4) is 0 Å². The van der Waals surface area contributed by atoms with Crippen molar-refractivity contribution in [3.05, 3.63) is 162 Å². The predicted molar refractivity (Wildman–Crippen MR) is 166 cm³/mol. The lowest BCUT2D eigenvalue weighted by molar-refractivity contribution is 0.763. The van der Waals surface area contributed by atoms with Gasteiger partial charge in [-0.1, -0.05) is 133 Å². The van der Waals surface area contributed by atoms with Crippen LogP contribution in [-0.4, -0.2) is 0 Å². The molecule has 1 atom stereocenters. The molecule has 1 nitrogen and oxygen atoms in total. The van der Waals surface area contributed by atoms with Crippen LogP contribution in [0.2, 0.25) is 0 Å². The lowest BCUT2D eigenvalue weighted by atomic mass is 9.90. The fourth-order valence-electron chi connectivity index (χ4n) is 5.81. The van der Waals surface area contributed by atoms with Gasteiger partial charge in [0.2, 0.25) is 0 Å². The van der Waals surface area contributed by atoms with E-state index in [0.717, 1.165) is 5.70 Å². The van der Waals surface area contributed by atoms with Crippen molar-refractivity contribution < 1.29 is 0 Å². The number of hydrogen-bond donors (Lipinski definition) is 1. The van der Waals surface area contributed by atoms with Crippen LogP contribution in [0, 0.1) is 6.92 Å². The van der Waals surface area contributed by atoms with Gasteiger partial charge in [0.1, 0.15) is 0 Å². The Bertz CT molecular complexity index is 1870. The zero-order valence-electron chi connectivity index (χ0n) is 21.9. The molecule has 0 saturated carbocycles. The molecule has 1 N–H and O–H groups in total. The number of rotatable bonds is 4. The SMILES string of the molecule is Cc1cc(-c2cc3ccccc3c3ccccc23)cc(C2C=CC=C(c3ccc(-c4ccccc4)cc3)N2)c1. The third kappa shape index (κ3) is 4.43. The van der Waals surface area contributed by atoms with Crippen LogP contribution in [0.4, 0.5) is 0 Å². The zero-order chi connectivity index (χ0) is 26.2. The molecular formula is C38H29N. The molecule has 7 rings (SSSR count). The highest BCUT2D eigenvalue weighted by atomic mass is 14.9. The summed E-state index contributed by atoms with van der Waals surface area (Å²) in [4.78, 5) is 0. The maximum Gasteiger partial charge on any atom is 0.0701 e. The van der Waals surface area contributed by atoms with Crippen LogP contribution in [0.5, 0.6) is 0 Å². The lowest BCUT2D eigenvalue weighted by Crippen LogP contribution is -2.20. The summed E-state index contributed by atoms with van der Waals surface area (Å²) in [5.74, 6) is 0. The summed E-state index contributed by atoms with van der Waals surface area (Å²) in [6.45, 7) is 2.20. The minimum absolute atomic E-state index is 0.101. The van der Waals surface area contributed by atoms with E-state index in [1.54, 1.807) is 0 Å². The summed E-state index contributed by atoms with van der Waals surface area (Å²) >= 11 is 0. The largest absolute Gasteiger partial charge is 0.374 e. The number of aryl methyl sites for hydroxylation is 1. The average Bonchev–Trinajstić information content (AvgIpc) is 3.01. The lowest BCUT2D eigenvalue weighted by Gasteiger charge is -2.24. The van der Waals surface area contributed by atoms with E-state index in [9.17, 15) is 0 Å². The summed E-state index contributed by atoms with van der Waals surface area (Å²) in [6.07, 6.45) is 6.59. The average molecular weight is 500 g/mol. The van der Waals surface area contributed by atoms with Crippen molar-refractivity contribution in [3.8, 4) is 22.3 Å². The summed E-state index contributed by atoms with van der Waals surface area (Å²) in [5, 5.41) is 8.96. The first-order valence-corrected chi connectivity index (χ1v) is 13.6. The second-order valence-electron chi connectivity index (χ2n) is 10.4. The third-order valence-electron chi connectivity index (χ3n) is 7.72. The standard InChI is InChI=1S/C38H29N/c1-26-22-31(36-25-30-12-5-6-13-33(30)34-14-7-8-15-35(34)36)24-32(23-26)38-17-9-16-37(39-38)29-20-18-28(19-21-29)27-10-3-2-4-11-27/h2-25,38-39H,1H3. The van der Waals surface area contributed by atoms with Crippen LogP contribution in [0.15, 0.2) is 146 Å². The Balaban J connectivity index is 1.23. The topological polar surface area (TPSA) is 12.0 Å². The quantitative estimate of drug-likeness (QED) is 0.238. The highest BCUT2D eigenvalue weighted by Crippen LogP contribution is 2.37. The first-order chi connectivity index (χ1) is 19.2. The molecule has 6 aromatic carbocycles. The molecule has 0 aromatic heterocycles. The Morgan fingerprint density at radius 1 is 0.538 bits per heavy atom. The molecule has 0 fully saturated rings. The second-order valence-corrected chi connectivity index (χ2v) is 10.4. The molecule has 1 aliphatic heterocycles. The van der Waals surface area contributed by atoms with E-state index in [2.05, 4.69) is 158 Å². The van der Waals surface area contributed by atoms with Crippen molar-refractivity contribution in [2.75, 3.05) is 0 Å². The predicted octanol–water partition coefficient (Wildman–Crippen LogP) is 9.88. The summed E-state index contributed by atoms with van der Waals surface area (Å²) in [7, 11) is 0. The van der Waals surface area contributed by atoms with E-state index in [1.807, 2.05) is 0 Å². The fraction of sp³-hybridized carbons (Fsp3) is 0.0526. The molecule has 186 valence electrons. The Morgan fingerprint density at radius 2 is 1.21 bits per heavy atom. The Morgan fingerprint density at radius 3 is 2.03 bits per heavy atom. The van der Waals surface area contributed by atoms with Crippen LogP contribution in [-0.2, 0) is 0 Å². The highest BCUT2D eigenvalue weighted by molar-refractivity contribution is 6.13. The van der Waals surface area contributed by atoms with E-state index >= 15 is 0 Å². The second kappa shape index (κ2) is 9.78. The third-order valence-corrected chi connectivity index (χ3v) is 7.72. The minimum atomic E-state index is 0.101. The molecule has 0 bridgehead atoms. The van der Waals surface area contributed by atoms with Crippen LogP contribution < -0.4 is 5.32 Å². The van der Waals surface area contributed by atoms with Crippen LogP contribution >= 0.6 is 0 Å². The van der Waals surface area contributed by atoms with Crippen molar-refractivity contribution in [2.45, 2.75) is 13.0 Å². The van der Waals surface area contributed by atoms with E-state index < -0.39 is 0 Å². The van der Waals surface area contributed by atoms with Gasteiger partial charge in [0, 0.05) is 5.70 Å². The van der Waals surface area contributed by atoms with Crippen molar-refractivity contribution in [2.24, 2.45) is 0 Å². The van der Waals surface area contributed by atoms with E-state index in [4.69, 9.17) is 0 Å². The van der Waals surface area contributed by atoms with Crippen molar-refractivity contribution >= 4 is 27.2 Å². The van der Waals surface area contributed by atoms with Gasteiger partial charge in [-0.2, -0.15) is 0 Å². The van der Waals surface area contributed by atoms with Gasteiger partial charge in [-0.3, -0.25) is 0 Å². The fourth-order valence-corrected chi connectivity index (χ4v) is 5.81. The number of fused-ring (bicyclic) bond motifs is 3. The summed E-state index contributed by atoms with van der Waals surface area (Å²) in [5.41, 5.74) is 9.86. The molecule has 1 aliphatic rings. The number of allylic oxidation sites excluding steroid dienone is 2. The molecule has 0 radical (unpaired) electrons. The molecular weight excluding hydrogens is 470 g/mol. The number of hydrogen-bond acceptors (Lipinski definition) is 1. The molecule has 0 amide bonds. The Kier molecular flexibility index (Phi) is 5.83. The van der Waals surface area contributed by atoms with E-state index in [-0.39, 0.29) is 6.04 Å². The van der Waals surface area contributed by atoms with Crippen molar-refractivity contribution in [1.29, 1.82) is 0 Å². The molecule has 1 heteroatoms. The van der Waals surface area contributed by atoms with Crippen molar-refractivity contribution in [3.63, 3.8) is 0 Å². The smallest absolute Gasteiger partial charge is 0.0701 e. The number of nitrogens with one attached hydrogen (secondary N) is 1. The van der Waals surface area contributed by atoms with Gasteiger partial charge in [0.15, 0.2) is 0 Å². The first-order valence-electron chi connectivity index (χ1n) is 13.6. The van der Waals surface area contributed by atoms with Crippen LogP contribution in [0.1, 0.15) is 22.7 Å². The van der Waals surface area contributed by atoms with Gasteiger partial charge in [-0.15, -0.1) is 0 Å². The Hall–Kier alpha value is -4.88. The van der Waals surface area contributed by atoms with Gasteiger partial charge in [0.05, 0.1) is 6.04 Å². The van der Waals surface area contributed by atoms with Gasteiger partial charge >= 0.3 is 0 Å². The highest BCUT2D eigenvalue weighted by Gasteiger charge is 2.16. The number of dihydropyridines is 1. The molecule has 0 spiro atoms. The van der Waals surface area contributed by atoms with Gasteiger partial charge in [0.25, 0.3) is 0 Å². The van der Waals surface area contributed by atoms with E-state index in [1.165, 1.54) is 60.5 Å². The Labute approximate surface area is 229 Å². The molecule has 39 heavy (non-hydrogen) atoms.